The van der Waals surface area contributed by atoms with Crippen molar-refractivity contribution in [2.75, 3.05) is 6.54 Å². The Labute approximate surface area is 122 Å². The van der Waals surface area contributed by atoms with Crippen molar-refractivity contribution in [1.29, 1.82) is 0 Å². The number of hydrogen-bond acceptors (Lipinski definition) is 2. The smallest absolute Gasteiger partial charge is 0.00780 e. The average molecular weight is 269 g/mol. The van der Waals surface area contributed by atoms with Crippen molar-refractivity contribution < 1.29 is 0 Å². The van der Waals surface area contributed by atoms with E-state index < -0.39 is 0 Å². The summed E-state index contributed by atoms with van der Waals surface area (Å²) < 4.78 is 0. The van der Waals surface area contributed by atoms with Crippen LogP contribution in [0.4, 0.5) is 0 Å². The topological polar surface area (TPSA) is 24.1 Å². The molecule has 0 unspecified atom stereocenters. The van der Waals surface area contributed by atoms with Crippen molar-refractivity contribution in [2.24, 2.45) is 5.92 Å². The summed E-state index contributed by atoms with van der Waals surface area (Å²) in [6, 6.07) is 10.0. The van der Waals surface area contributed by atoms with E-state index in [4.69, 9.17) is 0 Å². The molecule has 0 atom stereocenters. The van der Waals surface area contributed by atoms with Crippen LogP contribution in [0.3, 0.4) is 0 Å². The minimum Gasteiger partial charge on any atom is -0.322 e. The maximum atomic E-state index is 3.72. The van der Waals surface area contributed by atoms with Gasteiger partial charge in [-0.1, -0.05) is 24.3 Å². The van der Waals surface area contributed by atoms with E-state index in [-0.39, 0.29) is 0 Å². The van der Waals surface area contributed by atoms with Gasteiger partial charge >= 0.3 is 0 Å². The van der Waals surface area contributed by atoms with Gasteiger partial charge in [0.25, 0.3) is 0 Å². The second kappa shape index (κ2) is 6.96. The minimum absolute atomic E-state index is 0.614. The summed E-state index contributed by atoms with van der Waals surface area (Å²) in [5.41, 5.74) is 1.41. The zero-order chi connectivity index (χ0) is 13.6. The Kier molecular flexibility index (Phi) is 4.77. The zero-order valence-corrected chi connectivity index (χ0v) is 12.1. The second-order valence-electron chi connectivity index (χ2n) is 6.06. The molecule has 2 aliphatic carbocycles. The van der Waals surface area contributed by atoms with Crippen molar-refractivity contribution in [2.45, 2.75) is 44.3 Å². The van der Waals surface area contributed by atoms with Crippen LogP contribution in [0.15, 0.2) is 48.6 Å². The second-order valence-corrected chi connectivity index (χ2v) is 6.06. The summed E-state index contributed by atoms with van der Waals surface area (Å²) in [4.78, 5) is 0. The summed E-state index contributed by atoms with van der Waals surface area (Å²) in [5, 5.41) is 7.42. The van der Waals surface area contributed by atoms with Crippen LogP contribution in [-0.4, -0.2) is 18.6 Å². The van der Waals surface area contributed by atoms with Gasteiger partial charge in [0.1, 0.15) is 0 Å². The van der Waals surface area contributed by atoms with E-state index in [0.29, 0.717) is 12.0 Å². The number of rotatable bonds is 6. The van der Waals surface area contributed by atoms with E-state index in [1.54, 1.807) is 0 Å². The lowest BCUT2D eigenvalue weighted by atomic mass is 9.90. The molecule has 0 amide bonds. The van der Waals surface area contributed by atoms with Gasteiger partial charge in [0.2, 0.25) is 0 Å². The number of nitrogens with one attached hydrogen (secondary N) is 2. The van der Waals surface area contributed by atoms with Crippen LogP contribution in [0.1, 0.15) is 31.2 Å². The lowest BCUT2D eigenvalue weighted by Gasteiger charge is -2.31. The molecule has 1 fully saturated rings. The first kappa shape index (κ1) is 13.7. The van der Waals surface area contributed by atoms with Crippen LogP contribution in [0.2, 0.25) is 0 Å². The Bertz CT molecular complexity index is 424. The molecule has 0 heterocycles. The van der Waals surface area contributed by atoms with E-state index >= 15 is 0 Å². The Hall–Kier alpha value is -1.25. The van der Waals surface area contributed by atoms with Crippen molar-refractivity contribution in [1.82, 2.24) is 10.6 Å². The largest absolute Gasteiger partial charge is 0.322 e. The molecule has 0 radical (unpaired) electrons. The van der Waals surface area contributed by atoms with Crippen molar-refractivity contribution in [3.63, 3.8) is 0 Å². The molecule has 1 aromatic rings. The van der Waals surface area contributed by atoms with Crippen LogP contribution in [0.25, 0.3) is 0 Å². The van der Waals surface area contributed by atoms with Crippen LogP contribution in [0.5, 0.6) is 0 Å². The van der Waals surface area contributed by atoms with E-state index in [0.717, 1.165) is 19.1 Å². The minimum atomic E-state index is 0.614. The standard InChI is InChI=1S/C18H25N2/c1-2-6-15(5-1)13-19-17-9-11-18(12-10-17)20-14-16-7-3-4-8-16/h1-8,15,17-20H,9-14H2/q-1. The van der Waals surface area contributed by atoms with Gasteiger partial charge in [0.15, 0.2) is 0 Å². The summed E-state index contributed by atoms with van der Waals surface area (Å²) in [5.74, 6) is 0.614. The Morgan fingerprint density at radius 2 is 1.70 bits per heavy atom. The van der Waals surface area contributed by atoms with Gasteiger partial charge in [0, 0.05) is 24.5 Å². The predicted molar refractivity (Wildman–Crippen MR) is 84.7 cm³/mol. The van der Waals surface area contributed by atoms with Gasteiger partial charge in [0.05, 0.1) is 0 Å². The van der Waals surface area contributed by atoms with E-state index in [9.17, 15) is 0 Å². The van der Waals surface area contributed by atoms with Crippen molar-refractivity contribution >= 4 is 0 Å². The zero-order valence-electron chi connectivity index (χ0n) is 12.1. The molecule has 108 valence electrons. The third-order valence-electron chi connectivity index (χ3n) is 4.52. The SMILES string of the molecule is C1=CC(CNC2CCC(NCc3cc[cH-]c3)CC2)C=C1. The molecule has 1 saturated carbocycles. The van der Waals surface area contributed by atoms with Gasteiger partial charge in [-0.05, 0) is 32.2 Å². The highest BCUT2D eigenvalue weighted by Crippen LogP contribution is 2.20. The van der Waals surface area contributed by atoms with E-state index in [1.165, 1.54) is 31.2 Å². The molecule has 1 aromatic carbocycles. The van der Waals surface area contributed by atoms with Crippen LogP contribution >= 0.6 is 0 Å². The molecular weight excluding hydrogens is 244 g/mol. The number of hydrogen-bond donors (Lipinski definition) is 2. The lowest BCUT2D eigenvalue weighted by molar-refractivity contribution is 0.304. The molecule has 0 bridgehead atoms. The maximum absolute atomic E-state index is 3.72. The first-order valence-electron chi connectivity index (χ1n) is 7.92. The lowest BCUT2D eigenvalue weighted by Crippen LogP contribution is -2.40. The fourth-order valence-corrected chi connectivity index (χ4v) is 3.21. The first-order chi connectivity index (χ1) is 9.90. The van der Waals surface area contributed by atoms with Gasteiger partial charge in [-0.25, -0.2) is 6.07 Å². The molecule has 0 aliphatic heterocycles. The third-order valence-corrected chi connectivity index (χ3v) is 4.52. The maximum Gasteiger partial charge on any atom is 0.00780 e. The Morgan fingerprint density at radius 1 is 1.00 bits per heavy atom. The highest BCUT2D eigenvalue weighted by molar-refractivity contribution is 5.18. The van der Waals surface area contributed by atoms with Crippen LogP contribution in [0, 0.1) is 5.92 Å². The quantitative estimate of drug-likeness (QED) is 0.775. The molecule has 2 aliphatic rings. The molecular formula is C18H25N2-. The van der Waals surface area contributed by atoms with Gasteiger partial charge in [-0.15, -0.1) is 0 Å². The summed E-state index contributed by atoms with van der Waals surface area (Å²) in [7, 11) is 0. The number of allylic oxidation sites excluding steroid dienone is 2. The fraction of sp³-hybridized carbons (Fsp3) is 0.500. The van der Waals surface area contributed by atoms with Crippen LogP contribution in [-0.2, 0) is 6.54 Å². The molecule has 0 aromatic heterocycles. The molecule has 2 heteroatoms. The summed E-state index contributed by atoms with van der Waals surface area (Å²) in [6.45, 7) is 2.12. The third kappa shape index (κ3) is 3.87. The molecule has 2 nitrogen and oxygen atoms in total. The highest BCUT2D eigenvalue weighted by atomic mass is 14.9. The monoisotopic (exact) mass is 269 g/mol. The van der Waals surface area contributed by atoms with Gasteiger partial charge in [-0.2, -0.15) is 23.8 Å². The van der Waals surface area contributed by atoms with Crippen molar-refractivity contribution in [3.05, 3.63) is 54.1 Å². The first-order valence-corrected chi connectivity index (χ1v) is 7.92. The Morgan fingerprint density at radius 3 is 2.35 bits per heavy atom. The average Bonchev–Trinajstić information content (AvgIpc) is 3.17. The molecule has 2 N–H and O–H groups in total. The summed E-state index contributed by atoms with van der Waals surface area (Å²) in [6.07, 6.45) is 14.1. The fourth-order valence-electron chi connectivity index (χ4n) is 3.21. The van der Waals surface area contributed by atoms with Gasteiger partial charge in [-0.3, -0.25) is 0 Å². The molecule has 0 saturated heterocycles. The van der Waals surface area contributed by atoms with Gasteiger partial charge < -0.3 is 10.6 Å². The predicted octanol–water partition coefficient (Wildman–Crippen LogP) is 3.14. The normalized spacial score (nSPS) is 26.4. The summed E-state index contributed by atoms with van der Waals surface area (Å²) >= 11 is 0. The van der Waals surface area contributed by atoms with Crippen molar-refractivity contribution in [3.8, 4) is 0 Å². The Balaban J connectivity index is 1.32. The molecule has 0 spiro atoms. The van der Waals surface area contributed by atoms with Crippen LogP contribution < -0.4 is 10.6 Å². The van der Waals surface area contributed by atoms with E-state index in [1.807, 2.05) is 0 Å². The highest BCUT2D eigenvalue weighted by Gasteiger charge is 2.20. The molecule has 20 heavy (non-hydrogen) atoms. The molecule has 3 rings (SSSR count). The van der Waals surface area contributed by atoms with E-state index in [2.05, 4.69) is 59.2 Å².